The van der Waals surface area contributed by atoms with Crippen molar-refractivity contribution in [2.45, 2.75) is 13.1 Å². The number of fused-ring (bicyclic) bond motifs is 6. The topological polar surface area (TPSA) is 72.3 Å². The Labute approximate surface area is 259 Å². The molecule has 0 bridgehead atoms. The third-order valence-corrected chi connectivity index (χ3v) is 8.33. The highest BCUT2D eigenvalue weighted by molar-refractivity contribution is 6.21. The van der Waals surface area contributed by atoms with Gasteiger partial charge in [0.15, 0.2) is 23.3 Å². The molecule has 0 aromatic heterocycles. The van der Waals surface area contributed by atoms with E-state index in [4.69, 9.17) is 0 Å². The summed E-state index contributed by atoms with van der Waals surface area (Å²) in [5.41, 5.74) is -0.718. The van der Waals surface area contributed by atoms with E-state index in [0.717, 1.165) is 6.07 Å². The van der Waals surface area contributed by atoms with Gasteiger partial charge in [-0.25, -0.2) is 17.6 Å². The molecule has 47 heavy (non-hydrogen) atoms. The minimum absolute atomic E-state index is 0.127. The van der Waals surface area contributed by atoms with Crippen molar-refractivity contribution in [3.05, 3.63) is 118 Å². The lowest BCUT2D eigenvalue weighted by atomic mass is 9.99. The van der Waals surface area contributed by atoms with Crippen molar-refractivity contribution in [3.8, 4) is 34.6 Å². The van der Waals surface area contributed by atoms with Crippen LogP contribution in [0.25, 0.3) is 65.3 Å². The second-order valence-electron chi connectivity index (χ2n) is 11.0. The van der Waals surface area contributed by atoms with Crippen LogP contribution in [0.5, 0.6) is 0 Å². The first-order chi connectivity index (χ1) is 22.4. The number of alkyl halides is 3. The van der Waals surface area contributed by atoms with E-state index in [-0.39, 0.29) is 22.0 Å². The maximum absolute atomic E-state index is 14.3. The Hall–Kier alpha value is -6.07. The molecule has 0 atom stereocenters. The van der Waals surface area contributed by atoms with Crippen LogP contribution in [-0.2, 0) is 6.18 Å². The summed E-state index contributed by atoms with van der Waals surface area (Å²) >= 11 is 0. The minimum atomic E-state index is -5.13. The molecule has 0 radical (unpaired) electrons. The fraction of sp³-hybridized carbons (Fsp3) is 0.0556. The van der Waals surface area contributed by atoms with E-state index in [2.05, 4.69) is 9.98 Å². The number of hydrogen-bond acceptors (Lipinski definition) is 4. The summed E-state index contributed by atoms with van der Waals surface area (Å²) < 4.78 is 96.7. The number of nitrogens with zero attached hydrogens (tertiary/aromatic N) is 4. The molecule has 0 heterocycles. The zero-order valence-electron chi connectivity index (χ0n) is 23.9. The smallest absolute Gasteiger partial charge is 0.204 e. The summed E-state index contributed by atoms with van der Waals surface area (Å²) in [6.45, 7) is 1.45. The van der Waals surface area contributed by atoms with Crippen molar-refractivity contribution in [2.24, 2.45) is 9.98 Å². The van der Waals surface area contributed by atoms with E-state index >= 15 is 0 Å². The van der Waals surface area contributed by atoms with Crippen LogP contribution in [0.15, 0.2) is 82.8 Å². The molecule has 0 saturated heterocycles. The quantitative estimate of drug-likeness (QED) is 0.140. The van der Waals surface area contributed by atoms with Crippen LogP contribution >= 0.6 is 0 Å². The fourth-order valence-electron chi connectivity index (χ4n) is 6.23. The lowest BCUT2D eigenvalue weighted by Gasteiger charge is -2.11. The highest BCUT2D eigenvalue weighted by Crippen LogP contribution is 2.38. The van der Waals surface area contributed by atoms with Gasteiger partial charge in [0, 0.05) is 21.5 Å². The van der Waals surface area contributed by atoms with E-state index in [9.17, 15) is 41.3 Å². The van der Waals surface area contributed by atoms with Crippen molar-refractivity contribution in [1.29, 1.82) is 10.5 Å². The Morgan fingerprint density at radius 2 is 0.957 bits per heavy atom. The number of hydrogen-bond donors (Lipinski definition) is 0. The molecule has 0 unspecified atom stereocenters. The van der Waals surface area contributed by atoms with Crippen LogP contribution in [0.1, 0.15) is 11.1 Å². The molecule has 0 aliphatic heterocycles. The molecule has 0 amide bonds. The first kappa shape index (κ1) is 29.6. The van der Waals surface area contributed by atoms with E-state index < -0.39 is 35.0 Å². The summed E-state index contributed by atoms with van der Waals surface area (Å²) in [6, 6.07) is 17.1. The zero-order chi connectivity index (χ0) is 33.4. The molecule has 0 saturated carbocycles. The van der Waals surface area contributed by atoms with Crippen LogP contribution in [0.4, 0.5) is 30.7 Å². The lowest BCUT2D eigenvalue weighted by molar-refractivity contribution is -0.140. The number of nitriles is 2. The van der Waals surface area contributed by atoms with Crippen molar-refractivity contribution in [3.63, 3.8) is 0 Å². The zero-order valence-corrected chi connectivity index (χ0v) is 23.9. The molecule has 4 nitrogen and oxygen atoms in total. The second-order valence-corrected chi connectivity index (χ2v) is 11.0. The Morgan fingerprint density at radius 1 is 0.511 bits per heavy atom. The average Bonchev–Trinajstić information content (AvgIpc) is 3.50. The molecule has 0 aliphatic carbocycles. The van der Waals surface area contributed by atoms with E-state index in [1.165, 1.54) is 25.1 Å². The van der Waals surface area contributed by atoms with Gasteiger partial charge in [-0.05, 0) is 105 Å². The van der Waals surface area contributed by atoms with Crippen LogP contribution in [0, 0.1) is 53.1 Å². The summed E-state index contributed by atoms with van der Waals surface area (Å²) in [4.78, 5) is 8.05. The number of benzene rings is 5. The third-order valence-electron chi connectivity index (χ3n) is 8.33. The van der Waals surface area contributed by atoms with Crippen LogP contribution in [-0.4, -0.2) is 0 Å². The van der Waals surface area contributed by atoms with Crippen LogP contribution in [0.3, 0.4) is 0 Å². The molecular formula is C36H15F7N4. The number of halogens is 7. The van der Waals surface area contributed by atoms with Crippen molar-refractivity contribution in [2.75, 3.05) is 0 Å². The van der Waals surface area contributed by atoms with Gasteiger partial charge in [0.1, 0.15) is 0 Å². The Kier molecular flexibility index (Phi) is 6.62. The Morgan fingerprint density at radius 3 is 1.43 bits per heavy atom. The normalized spacial score (nSPS) is 12.9. The molecule has 11 heteroatoms. The summed E-state index contributed by atoms with van der Waals surface area (Å²) in [7, 11) is 0. The van der Waals surface area contributed by atoms with Crippen molar-refractivity contribution in [1.82, 2.24) is 0 Å². The Balaban J connectivity index is 1.50. The maximum Gasteiger partial charge on any atom is 0.419 e. The minimum Gasteiger partial charge on any atom is -0.204 e. The van der Waals surface area contributed by atoms with E-state index in [1.807, 2.05) is 6.07 Å². The van der Waals surface area contributed by atoms with Gasteiger partial charge in [-0.3, -0.25) is 0 Å². The van der Waals surface area contributed by atoms with Crippen molar-refractivity contribution >= 4 is 43.1 Å². The molecule has 0 aliphatic rings. The predicted molar refractivity (Wildman–Crippen MR) is 162 cm³/mol. The molecule has 7 rings (SSSR count). The summed E-state index contributed by atoms with van der Waals surface area (Å²) in [6.07, 6.45) is -1.58. The highest BCUT2D eigenvalue weighted by Gasteiger charge is 2.36. The van der Waals surface area contributed by atoms with E-state index in [1.54, 1.807) is 42.7 Å². The standard InChI is InChI=1S/C36H15F7N4/c1-16-6-19(10-30(37)32(16)39)17-2-4-21-23-12-24-22-5-3-18(20-9-29(36(41,42)43)33(40)31(38)11-20)8-26(22)35(47-15-45)28(24)13-27(23)34(46-14-44)25(21)7-17/h2-13H,1H3/b46-34+,47-35-. The first-order valence-corrected chi connectivity index (χ1v) is 13.9. The SMILES string of the molecule is Cc1cc(-c2ccc3c(c2)/c(=N\C#N)c2cc4/c(=N\C#N)c5cc(-c6cc(F)c(F)c(C(F)(F)F)c6)ccc5c4cc23)cc(F)c1F. The van der Waals surface area contributed by atoms with Gasteiger partial charge in [0.05, 0.1) is 16.3 Å². The van der Waals surface area contributed by atoms with Crippen LogP contribution < -0.4 is 10.7 Å². The molecule has 0 fully saturated rings. The fourth-order valence-corrected chi connectivity index (χ4v) is 6.23. The van der Waals surface area contributed by atoms with Gasteiger partial charge in [0.2, 0.25) is 12.4 Å². The van der Waals surface area contributed by atoms with Gasteiger partial charge in [-0.2, -0.15) is 33.7 Å². The van der Waals surface area contributed by atoms with Crippen LogP contribution in [0.2, 0.25) is 0 Å². The van der Waals surface area contributed by atoms with Gasteiger partial charge >= 0.3 is 6.18 Å². The molecule has 0 spiro atoms. The molecule has 7 aromatic rings. The van der Waals surface area contributed by atoms with Gasteiger partial charge in [0.25, 0.3) is 0 Å². The monoisotopic (exact) mass is 636 g/mol. The number of rotatable bonds is 2. The highest BCUT2D eigenvalue weighted by atomic mass is 19.4. The average molecular weight is 637 g/mol. The predicted octanol–water partition coefficient (Wildman–Crippen LogP) is 9.16. The molecule has 7 aromatic carbocycles. The molecule has 228 valence electrons. The van der Waals surface area contributed by atoms with Gasteiger partial charge in [-0.1, -0.05) is 24.3 Å². The van der Waals surface area contributed by atoms with E-state index in [0.29, 0.717) is 71.7 Å². The van der Waals surface area contributed by atoms with Crippen molar-refractivity contribution < 1.29 is 30.7 Å². The summed E-state index contributed by atoms with van der Waals surface area (Å²) in [5, 5.41) is 24.2. The maximum atomic E-state index is 14.3. The Bertz CT molecular complexity index is 2680. The number of aryl methyl sites for hydroxylation is 1. The largest absolute Gasteiger partial charge is 0.419 e. The van der Waals surface area contributed by atoms with Gasteiger partial charge in [-0.15, -0.1) is 0 Å². The second kappa shape index (κ2) is 10.5. The lowest BCUT2D eigenvalue weighted by Crippen LogP contribution is -2.10. The summed E-state index contributed by atoms with van der Waals surface area (Å²) in [5.74, 6) is -5.60. The molecule has 0 N–H and O–H groups in total. The molecular weight excluding hydrogens is 621 g/mol. The first-order valence-electron chi connectivity index (χ1n) is 13.9. The third kappa shape index (κ3) is 4.59. The van der Waals surface area contributed by atoms with Gasteiger partial charge < -0.3 is 0 Å².